The Balaban J connectivity index is 1.96. The smallest absolute Gasteiger partial charge is 0.260 e. The van der Waals surface area contributed by atoms with Crippen molar-refractivity contribution in [3.05, 3.63) is 23.8 Å². The fourth-order valence-electron chi connectivity index (χ4n) is 3.05. The number of ether oxygens (including phenoxy) is 2. The van der Waals surface area contributed by atoms with Gasteiger partial charge in [0.05, 0.1) is 13.2 Å². The van der Waals surface area contributed by atoms with Gasteiger partial charge in [-0.2, -0.15) is 0 Å². The number of amides is 3. The first-order chi connectivity index (χ1) is 13.9. The second-order valence-electron chi connectivity index (χ2n) is 7.23. The SMILES string of the molecule is CCOc1cc(C(=O)NCC(=O)NC(C)C)ccc1OCC(=O)N1CCCCC1. The molecule has 2 rings (SSSR count). The molecule has 0 radical (unpaired) electrons. The minimum Gasteiger partial charge on any atom is -0.490 e. The highest BCUT2D eigenvalue weighted by Gasteiger charge is 2.18. The van der Waals surface area contributed by atoms with E-state index in [-0.39, 0.29) is 36.9 Å². The number of hydrogen-bond donors (Lipinski definition) is 2. The lowest BCUT2D eigenvalue weighted by molar-refractivity contribution is -0.134. The molecular formula is C21H31N3O5. The van der Waals surface area contributed by atoms with Gasteiger partial charge in [0.1, 0.15) is 0 Å². The monoisotopic (exact) mass is 405 g/mol. The topological polar surface area (TPSA) is 97.0 Å². The van der Waals surface area contributed by atoms with E-state index in [0.29, 0.717) is 23.7 Å². The average Bonchev–Trinajstić information content (AvgIpc) is 2.71. The Bertz CT molecular complexity index is 714. The Morgan fingerprint density at radius 3 is 2.45 bits per heavy atom. The largest absolute Gasteiger partial charge is 0.490 e. The predicted molar refractivity (Wildman–Crippen MR) is 109 cm³/mol. The molecule has 1 saturated heterocycles. The zero-order valence-corrected chi connectivity index (χ0v) is 17.5. The van der Waals surface area contributed by atoms with Crippen molar-refractivity contribution >= 4 is 17.7 Å². The van der Waals surface area contributed by atoms with Crippen molar-refractivity contribution in [1.29, 1.82) is 0 Å². The molecule has 0 unspecified atom stereocenters. The van der Waals surface area contributed by atoms with Crippen LogP contribution in [-0.2, 0) is 9.59 Å². The molecule has 1 aliphatic rings. The van der Waals surface area contributed by atoms with E-state index in [1.807, 2.05) is 25.7 Å². The highest BCUT2D eigenvalue weighted by Crippen LogP contribution is 2.28. The third-order valence-electron chi connectivity index (χ3n) is 4.42. The Hall–Kier alpha value is -2.77. The molecule has 1 fully saturated rings. The number of carbonyl (C=O) groups excluding carboxylic acids is 3. The van der Waals surface area contributed by atoms with Crippen LogP contribution in [0.25, 0.3) is 0 Å². The lowest BCUT2D eigenvalue weighted by Gasteiger charge is -2.26. The highest BCUT2D eigenvalue weighted by atomic mass is 16.5. The minimum absolute atomic E-state index is 0.00744. The molecule has 0 aromatic heterocycles. The number of rotatable bonds is 9. The number of hydrogen-bond acceptors (Lipinski definition) is 5. The lowest BCUT2D eigenvalue weighted by atomic mass is 10.1. The van der Waals surface area contributed by atoms with Gasteiger partial charge in [0.25, 0.3) is 11.8 Å². The van der Waals surface area contributed by atoms with Gasteiger partial charge in [-0.1, -0.05) is 0 Å². The van der Waals surface area contributed by atoms with E-state index >= 15 is 0 Å². The van der Waals surface area contributed by atoms with Crippen LogP contribution in [0.15, 0.2) is 18.2 Å². The number of benzene rings is 1. The number of piperidine rings is 1. The van der Waals surface area contributed by atoms with Crippen LogP contribution >= 0.6 is 0 Å². The third-order valence-corrected chi connectivity index (χ3v) is 4.42. The van der Waals surface area contributed by atoms with Gasteiger partial charge in [0.15, 0.2) is 18.1 Å². The van der Waals surface area contributed by atoms with Crippen molar-refractivity contribution in [2.45, 2.75) is 46.1 Å². The van der Waals surface area contributed by atoms with E-state index in [0.717, 1.165) is 32.4 Å². The first kappa shape index (κ1) is 22.5. The second-order valence-corrected chi connectivity index (χ2v) is 7.23. The van der Waals surface area contributed by atoms with Crippen LogP contribution in [0.5, 0.6) is 11.5 Å². The van der Waals surface area contributed by atoms with Gasteiger partial charge in [-0.3, -0.25) is 14.4 Å². The van der Waals surface area contributed by atoms with E-state index in [4.69, 9.17) is 9.47 Å². The quantitative estimate of drug-likeness (QED) is 0.652. The van der Waals surface area contributed by atoms with Gasteiger partial charge >= 0.3 is 0 Å². The minimum atomic E-state index is -0.388. The molecule has 1 heterocycles. The molecule has 1 aromatic carbocycles. The molecule has 8 nitrogen and oxygen atoms in total. The van der Waals surface area contributed by atoms with E-state index < -0.39 is 0 Å². The summed E-state index contributed by atoms with van der Waals surface area (Å²) in [6.07, 6.45) is 3.20. The molecule has 0 atom stereocenters. The molecule has 8 heteroatoms. The van der Waals surface area contributed by atoms with E-state index in [9.17, 15) is 14.4 Å². The first-order valence-corrected chi connectivity index (χ1v) is 10.2. The Kier molecular flexibility index (Phi) is 8.76. The van der Waals surface area contributed by atoms with Crippen LogP contribution in [0.3, 0.4) is 0 Å². The maximum absolute atomic E-state index is 12.3. The van der Waals surface area contributed by atoms with Crippen LogP contribution in [0.4, 0.5) is 0 Å². The highest BCUT2D eigenvalue weighted by molar-refractivity contribution is 5.97. The fraction of sp³-hybridized carbons (Fsp3) is 0.571. The van der Waals surface area contributed by atoms with Crippen molar-refractivity contribution in [1.82, 2.24) is 15.5 Å². The molecule has 29 heavy (non-hydrogen) atoms. The summed E-state index contributed by atoms with van der Waals surface area (Å²) >= 11 is 0. The van der Waals surface area contributed by atoms with Gasteiger partial charge < -0.3 is 25.0 Å². The maximum Gasteiger partial charge on any atom is 0.260 e. The molecule has 1 aromatic rings. The van der Waals surface area contributed by atoms with Crippen LogP contribution in [0.1, 0.15) is 50.4 Å². The van der Waals surface area contributed by atoms with Crippen molar-refractivity contribution < 1.29 is 23.9 Å². The molecule has 0 bridgehead atoms. The zero-order valence-electron chi connectivity index (χ0n) is 17.5. The third kappa shape index (κ3) is 7.29. The summed E-state index contributed by atoms with van der Waals surface area (Å²) in [6, 6.07) is 4.75. The standard InChI is InChI=1S/C21H31N3O5/c1-4-28-18-12-16(21(27)22-13-19(25)23-15(2)3)8-9-17(18)29-14-20(26)24-10-6-5-7-11-24/h8-9,12,15H,4-7,10-11,13-14H2,1-3H3,(H,22,27)(H,23,25). The van der Waals surface area contributed by atoms with Crippen LogP contribution in [0, 0.1) is 0 Å². The average molecular weight is 405 g/mol. The van der Waals surface area contributed by atoms with Gasteiger partial charge in [-0.25, -0.2) is 0 Å². The number of nitrogens with one attached hydrogen (secondary N) is 2. The summed E-state index contributed by atoms with van der Waals surface area (Å²) in [6.45, 7) is 7.27. The van der Waals surface area contributed by atoms with E-state index in [2.05, 4.69) is 10.6 Å². The summed E-state index contributed by atoms with van der Waals surface area (Å²) in [4.78, 5) is 38.1. The number of likely N-dealkylation sites (tertiary alicyclic amines) is 1. The summed E-state index contributed by atoms with van der Waals surface area (Å²) < 4.78 is 11.2. The number of nitrogens with zero attached hydrogens (tertiary/aromatic N) is 1. The van der Waals surface area contributed by atoms with E-state index in [1.165, 1.54) is 0 Å². The zero-order chi connectivity index (χ0) is 21.2. The molecule has 0 saturated carbocycles. The van der Waals surface area contributed by atoms with Gasteiger partial charge in [-0.15, -0.1) is 0 Å². The predicted octanol–water partition coefficient (Wildman–Crippen LogP) is 1.73. The Labute approximate surface area is 171 Å². The molecule has 0 aliphatic carbocycles. The van der Waals surface area contributed by atoms with Crippen molar-refractivity contribution in [3.8, 4) is 11.5 Å². The van der Waals surface area contributed by atoms with Crippen molar-refractivity contribution in [2.75, 3.05) is 32.8 Å². The molecule has 1 aliphatic heterocycles. The fourth-order valence-corrected chi connectivity index (χ4v) is 3.05. The summed E-state index contributed by atoms with van der Waals surface area (Å²) in [7, 11) is 0. The lowest BCUT2D eigenvalue weighted by Crippen LogP contribution is -2.39. The second kappa shape index (κ2) is 11.3. The van der Waals surface area contributed by atoms with Gasteiger partial charge in [0, 0.05) is 24.7 Å². The number of carbonyl (C=O) groups is 3. The summed E-state index contributed by atoms with van der Waals surface area (Å²) in [5, 5.41) is 5.29. The Morgan fingerprint density at radius 2 is 1.79 bits per heavy atom. The van der Waals surface area contributed by atoms with Crippen LogP contribution in [-0.4, -0.2) is 61.5 Å². The summed E-state index contributed by atoms with van der Waals surface area (Å²) in [5.41, 5.74) is 0.348. The molecule has 160 valence electrons. The molecule has 3 amide bonds. The Morgan fingerprint density at radius 1 is 1.07 bits per heavy atom. The van der Waals surface area contributed by atoms with Crippen LogP contribution in [0.2, 0.25) is 0 Å². The normalized spacial score (nSPS) is 13.7. The van der Waals surface area contributed by atoms with Crippen LogP contribution < -0.4 is 20.1 Å². The van der Waals surface area contributed by atoms with E-state index in [1.54, 1.807) is 18.2 Å². The maximum atomic E-state index is 12.3. The van der Waals surface area contributed by atoms with Crippen molar-refractivity contribution in [3.63, 3.8) is 0 Å². The van der Waals surface area contributed by atoms with Gasteiger partial charge in [-0.05, 0) is 58.2 Å². The van der Waals surface area contributed by atoms with Crippen molar-refractivity contribution in [2.24, 2.45) is 0 Å². The first-order valence-electron chi connectivity index (χ1n) is 10.2. The molecule has 2 N–H and O–H groups in total. The molecule has 0 spiro atoms. The van der Waals surface area contributed by atoms with Gasteiger partial charge in [0.2, 0.25) is 5.91 Å². The molecular weight excluding hydrogens is 374 g/mol. The summed E-state index contributed by atoms with van der Waals surface area (Å²) in [5.74, 6) is 0.102.